The number of esters is 1. The van der Waals surface area contributed by atoms with Crippen molar-refractivity contribution < 1.29 is 32.2 Å². The molecule has 4 rings (SSSR count). The van der Waals surface area contributed by atoms with Crippen molar-refractivity contribution in [2.24, 2.45) is 5.10 Å². The lowest BCUT2D eigenvalue weighted by atomic mass is 10.1. The summed E-state index contributed by atoms with van der Waals surface area (Å²) in [7, 11) is -2.65. The monoisotopic (exact) mass is 587 g/mol. The number of rotatable bonds is 12. The van der Waals surface area contributed by atoms with E-state index in [0.29, 0.717) is 29.2 Å². The van der Waals surface area contributed by atoms with Crippen molar-refractivity contribution >= 4 is 33.8 Å². The third kappa shape index (κ3) is 7.73. The minimum atomic E-state index is -3.97. The number of methoxy groups -OCH3 is 1. The molecule has 0 radical (unpaired) electrons. The van der Waals surface area contributed by atoms with E-state index in [1.807, 2.05) is 6.92 Å². The Morgan fingerprint density at radius 2 is 1.55 bits per heavy atom. The van der Waals surface area contributed by atoms with E-state index in [9.17, 15) is 18.0 Å². The van der Waals surface area contributed by atoms with Gasteiger partial charge in [0.1, 0.15) is 18.1 Å². The SMILES string of the molecule is CCOc1ccc(S(=O)(=O)Nc2ccccc2C(=O)N/N=C/c2ccccc2OCc2ccc(C(=O)OC)cc2)cc1. The summed E-state index contributed by atoms with van der Waals surface area (Å²) in [6.45, 7) is 2.53. The van der Waals surface area contributed by atoms with Gasteiger partial charge in [0.25, 0.3) is 15.9 Å². The maximum Gasteiger partial charge on any atom is 0.337 e. The highest BCUT2D eigenvalue weighted by atomic mass is 32.2. The van der Waals surface area contributed by atoms with Gasteiger partial charge in [-0.25, -0.2) is 18.6 Å². The summed E-state index contributed by atoms with van der Waals surface area (Å²) >= 11 is 0. The summed E-state index contributed by atoms with van der Waals surface area (Å²) in [5.74, 6) is 0.0468. The molecule has 10 nitrogen and oxygen atoms in total. The number of anilines is 1. The first-order valence-electron chi connectivity index (χ1n) is 12.9. The number of ether oxygens (including phenoxy) is 3. The van der Waals surface area contributed by atoms with E-state index in [-0.39, 0.29) is 22.8 Å². The number of hydrogen-bond acceptors (Lipinski definition) is 8. The lowest BCUT2D eigenvalue weighted by Gasteiger charge is -2.12. The van der Waals surface area contributed by atoms with E-state index in [1.165, 1.54) is 37.6 Å². The van der Waals surface area contributed by atoms with Crippen LogP contribution in [0.25, 0.3) is 0 Å². The Labute approximate surface area is 244 Å². The van der Waals surface area contributed by atoms with Crippen LogP contribution in [0.3, 0.4) is 0 Å². The van der Waals surface area contributed by atoms with Crippen LogP contribution in [-0.2, 0) is 21.4 Å². The first-order chi connectivity index (χ1) is 20.3. The summed E-state index contributed by atoms with van der Waals surface area (Å²) in [6, 6.07) is 26.2. The van der Waals surface area contributed by atoms with E-state index >= 15 is 0 Å². The molecule has 0 aliphatic heterocycles. The molecule has 216 valence electrons. The Kier molecular flexibility index (Phi) is 9.90. The molecular formula is C31H29N3O7S. The molecule has 0 aliphatic carbocycles. The fourth-order valence-electron chi connectivity index (χ4n) is 3.81. The van der Waals surface area contributed by atoms with Crippen LogP contribution in [0.2, 0.25) is 0 Å². The number of carbonyl (C=O) groups excluding carboxylic acids is 2. The second-order valence-electron chi connectivity index (χ2n) is 8.77. The van der Waals surface area contributed by atoms with E-state index in [0.717, 1.165) is 5.56 Å². The summed E-state index contributed by atoms with van der Waals surface area (Å²) in [5.41, 5.74) is 4.51. The maximum absolute atomic E-state index is 13.0. The van der Waals surface area contributed by atoms with Gasteiger partial charge in [0.2, 0.25) is 0 Å². The molecule has 0 unspecified atom stereocenters. The molecule has 0 spiro atoms. The van der Waals surface area contributed by atoms with Crippen LogP contribution >= 0.6 is 0 Å². The third-order valence-electron chi connectivity index (χ3n) is 5.92. The van der Waals surface area contributed by atoms with E-state index < -0.39 is 21.9 Å². The molecule has 0 fully saturated rings. The number of hydrogen-bond donors (Lipinski definition) is 2. The van der Waals surface area contributed by atoms with Gasteiger partial charge in [0, 0.05) is 5.56 Å². The third-order valence-corrected chi connectivity index (χ3v) is 7.30. The summed E-state index contributed by atoms with van der Waals surface area (Å²) in [4.78, 5) is 24.6. The lowest BCUT2D eigenvalue weighted by Crippen LogP contribution is -2.21. The number of benzene rings is 4. The summed E-state index contributed by atoms with van der Waals surface area (Å²) < 4.78 is 44.4. The molecule has 4 aromatic carbocycles. The highest BCUT2D eigenvalue weighted by molar-refractivity contribution is 7.92. The van der Waals surface area contributed by atoms with Crippen molar-refractivity contribution in [1.82, 2.24) is 5.43 Å². The molecule has 0 atom stereocenters. The normalized spacial score (nSPS) is 11.1. The number of para-hydroxylation sites is 2. The second-order valence-corrected chi connectivity index (χ2v) is 10.5. The minimum absolute atomic E-state index is 0.0233. The number of nitrogens with one attached hydrogen (secondary N) is 2. The van der Waals surface area contributed by atoms with Crippen molar-refractivity contribution in [2.75, 3.05) is 18.4 Å². The second kappa shape index (κ2) is 14.0. The fraction of sp³-hybridized carbons (Fsp3) is 0.129. The summed E-state index contributed by atoms with van der Waals surface area (Å²) in [6.07, 6.45) is 1.43. The van der Waals surface area contributed by atoms with Gasteiger partial charge in [-0.1, -0.05) is 36.4 Å². The number of amides is 1. The molecule has 0 aromatic heterocycles. The van der Waals surface area contributed by atoms with Gasteiger partial charge in [0.05, 0.1) is 41.6 Å². The van der Waals surface area contributed by atoms with Crippen LogP contribution in [0, 0.1) is 0 Å². The Balaban J connectivity index is 1.41. The first kappa shape index (κ1) is 29.8. The number of sulfonamides is 1. The summed E-state index contributed by atoms with van der Waals surface area (Å²) in [5, 5.41) is 4.05. The van der Waals surface area contributed by atoms with Crippen LogP contribution < -0.4 is 19.6 Å². The molecule has 0 saturated carbocycles. The largest absolute Gasteiger partial charge is 0.494 e. The van der Waals surface area contributed by atoms with Crippen molar-refractivity contribution in [2.45, 2.75) is 18.4 Å². The average Bonchev–Trinajstić information content (AvgIpc) is 3.01. The van der Waals surface area contributed by atoms with Crippen molar-refractivity contribution in [3.8, 4) is 11.5 Å². The van der Waals surface area contributed by atoms with Gasteiger partial charge in [0.15, 0.2) is 0 Å². The Bertz CT molecular complexity index is 1670. The van der Waals surface area contributed by atoms with Crippen molar-refractivity contribution in [3.05, 3.63) is 119 Å². The smallest absolute Gasteiger partial charge is 0.337 e. The zero-order valence-corrected chi connectivity index (χ0v) is 23.8. The van der Waals surface area contributed by atoms with Gasteiger partial charge in [-0.2, -0.15) is 5.10 Å². The highest BCUT2D eigenvalue weighted by Crippen LogP contribution is 2.22. The fourth-order valence-corrected chi connectivity index (χ4v) is 4.89. The van der Waals surface area contributed by atoms with Gasteiger partial charge >= 0.3 is 5.97 Å². The Morgan fingerprint density at radius 1 is 0.857 bits per heavy atom. The van der Waals surface area contributed by atoms with Gasteiger partial charge in [-0.3, -0.25) is 9.52 Å². The van der Waals surface area contributed by atoms with Crippen LogP contribution in [0.5, 0.6) is 11.5 Å². The first-order valence-corrected chi connectivity index (χ1v) is 14.4. The number of hydrazone groups is 1. The zero-order chi connectivity index (χ0) is 30.0. The standard InChI is InChI=1S/C31H29N3O7S/c1-3-40-25-16-18-26(19-17-25)42(37,38)34-28-10-6-5-9-27(28)30(35)33-32-20-24-8-4-7-11-29(24)41-21-22-12-14-23(15-13-22)31(36)39-2/h4-20,34H,3,21H2,1-2H3,(H,33,35)/b32-20+. The Morgan fingerprint density at radius 3 is 2.26 bits per heavy atom. The Hall–Kier alpha value is -5.16. The number of nitrogens with zero attached hydrogens (tertiary/aromatic N) is 1. The zero-order valence-electron chi connectivity index (χ0n) is 22.9. The lowest BCUT2D eigenvalue weighted by molar-refractivity contribution is 0.0600. The molecule has 0 bridgehead atoms. The van der Waals surface area contributed by atoms with E-state index in [4.69, 9.17) is 14.2 Å². The molecule has 0 saturated heterocycles. The predicted molar refractivity (Wildman–Crippen MR) is 158 cm³/mol. The molecular weight excluding hydrogens is 558 g/mol. The molecule has 2 N–H and O–H groups in total. The minimum Gasteiger partial charge on any atom is -0.494 e. The van der Waals surface area contributed by atoms with Crippen LogP contribution in [-0.4, -0.2) is 40.2 Å². The van der Waals surface area contributed by atoms with Crippen molar-refractivity contribution in [3.63, 3.8) is 0 Å². The molecule has 0 heterocycles. The molecule has 11 heteroatoms. The predicted octanol–water partition coefficient (Wildman–Crippen LogP) is 5.02. The topological polar surface area (TPSA) is 132 Å². The van der Waals surface area contributed by atoms with E-state index in [1.54, 1.807) is 72.8 Å². The van der Waals surface area contributed by atoms with Crippen LogP contribution in [0.4, 0.5) is 5.69 Å². The average molecular weight is 588 g/mol. The maximum atomic E-state index is 13.0. The molecule has 4 aromatic rings. The van der Waals surface area contributed by atoms with Gasteiger partial charge in [-0.05, 0) is 73.2 Å². The van der Waals surface area contributed by atoms with Crippen LogP contribution in [0.1, 0.15) is 38.8 Å². The quantitative estimate of drug-likeness (QED) is 0.135. The van der Waals surface area contributed by atoms with E-state index in [2.05, 4.69) is 15.2 Å². The van der Waals surface area contributed by atoms with Gasteiger partial charge in [-0.15, -0.1) is 0 Å². The molecule has 1 amide bonds. The van der Waals surface area contributed by atoms with Crippen molar-refractivity contribution in [1.29, 1.82) is 0 Å². The number of carbonyl (C=O) groups is 2. The molecule has 42 heavy (non-hydrogen) atoms. The molecule has 0 aliphatic rings. The van der Waals surface area contributed by atoms with Gasteiger partial charge < -0.3 is 14.2 Å². The highest BCUT2D eigenvalue weighted by Gasteiger charge is 2.19. The van der Waals surface area contributed by atoms with Crippen LogP contribution in [0.15, 0.2) is 107 Å².